The molecule has 1 rings (SSSR count). The topological polar surface area (TPSA) is 47.0 Å². The van der Waals surface area contributed by atoms with Crippen LogP contribution in [0.4, 0.5) is 5.82 Å². The minimum Gasteiger partial charge on any atom is -0.373 e. The molecule has 0 aliphatic carbocycles. The number of nitrogens with zero attached hydrogens (tertiary/aromatic N) is 2. The van der Waals surface area contributed by atoms with Crippen molar-refractivity contribution in [3.05, 3.63) is 16.0 Å². The van der Waals surface area contributed by atoms with Gasteiger partial charge in [0.2, 0.25) is 0 Å². The molecule has 0 amide bonds. The molecule has 4 nitrogen and oxygen atoms in total. The first-order chi connectivity index (χ1) is 9.53. The molecule has 0 spiro atoms. The summed E-state index contributed by atoms with van der Waals surface area (Å²) in [6.07, 6.45) is 2.81. The van der Waals surface area contributed by atoms with E-state index in [1.54, 1.807) is 7.11 Å². The molecule has 1 unspecified atom stereocenters. The van der Waals surface area contributed by atoms with Gasteiger partial charge < -0.3 is 10.1 Å². The summed E-state index contributed by atoms with van der Waals surface area (Å²) >= 11 is 3.64. The van der Waals surface area contributed by atoms with Crippen LogP contribution in [0.15, 0.2) is 4.47 Å². The predicted molar refractivity (Wildman–Crippen MR) is 87.1 cm³/mol. The summed E-state index contributed by atoms with van der Waals surface area (Å²) in [6.45, 7) is 9.52. The average molecular weight is 344 g/mol. The van der Waals surface area contributed by atoms with E-state index in [4.69, 9.17) is 9.72 Å². The second-order valence-corrected chi connectivity index (χ2v) is 6.14. The standard InChI is InChI=1S/C15H26BrN3O/c1-6-8-17-15-13(16)11(9-10(3)4)18-14(19-15)12(7-2)20-5/h10,12H,6-9H2,1-5H3,(H,17,18,19). The van der Waals surface area contributed by atoms with Crippen molar-refractivity contribution in [3.63, 3.8) is 0 Å². The number of ether oxygens (including phenoxy) is 1. The molecule has 20 heavy (non-hydrogen) atoms. The Labute approximate surface area is 130 Å². The highest BCUT2D eigenvalue weighted by molar-refractivity contribution is 9.10. The Balaban J connectivity index is 3.17. The number of nitrogens with one attached hydrogen (secondary N) is 1. The molecule has 1 heterocycles. The molecule has 0 saturated heterocycles. The molecule has 1 N–H and O–H groups in total. The van der Waals surface area contributed by atoms with Gasteiger partial charge in [-0.15, -0.1) is 0 Å². The summed E-state index contributed by atoms with van der Waals surface area (Å²) in [4.78, 5) is 9.33. The molecule has 5 heteroatoms. The van der Waals surface area contributed by atoms with Crippen molar-refractivity contribution in [1.82, 2.24) is 9.97 Å². The number of anilines is 1. The van der Waals surface area contributed by atoms with E-state index in [-0.39, 0.29) is 6.10 Å². The van der Waals surface area contributed by atoms with Crippen LogP contribution in [0.1, 0.15) is 58.2 Å². The summed E-state index contributed by atoms with van der Waals surface area (Å²) in [5, 5.41) is 3.37. The number of hydrogen-bond acceptors (Lipinski definition) is 4. The first kappa shape index (κ1) is 17.4. The Morgan fingerprint density at radius 1 is 1.25 bits per heavy atom. The van der Waals surface area contributed by atoms with Gasteiger partial charge in [0.15, 0.2) is 5.82 Å². The van der Waals surface area contributed by atoms with E-state index in [0.29, 0.717) is 5.92 Å². The SMILES string of the molecule is CCCNc1nc(C(CC)OC)nc(CC(C)C)c1Br. The zero-order valence-corrected chi connectivity index (χ0v) is 14.7. The van der Waals surface area contributed by atoms with Gasteiger partial charge in [0.1, 0.15) is 11.9 Å². The van der Waals surface area contributed by atoms with Crippen LogP contribution in [0.5, 0.6) is 0 Å². The lowest BCUT2D eigenvalue weighted by Gasteiger charge is -2.17. The van der Waals surface area contributed by atoms with E-state index in [1.807, 2.05) is 0 Å². The summed E-state index contributed by atoms with van der Waals surface area (Å²) < 4.78 is 6.46. The maximum Gasteiger partial charge on any atom is 0.159 e. The highest BCUT2D eigenvalue weighted by atomic mass is 79.9. The third kappa shape index (κ3) is 4.70. The van der Waals surface area contributed by atoms with Gasteiger partial charge in [-0.25, -0.2) is 9.97 Å². The van der Waals surface area contributed by atoms with Crippen molar-refractivity contribution >= 4 is 21.7 Å². The molecule has 0 radical (unpaired) electrons. The van der Waals surface area contributed by atoms with E-state index >= 15 is 0 Å². The highest BCUT2D eigenvalue weighted by Crippen LogP contribution is 2.28. The van der Waals surface area contributed by atoms with E-state index in [1.165, 1.54) is 0 Å². The van der Waals surface area contributed by atoms with E-state index in [0.717, 1.165) is 47.6 Å². The second-order valence-electron chi connectivity index (χ2n) is 5.35. The molecule has 0 aliphatic rings. The van der Waals surface area contributed by atoms with Crippen LogP contribution in [-0.2, 0) is 11.2 Å². The largest absolute Gasteiger partial charge is 0.373 e. The fourth-order valence-corrected chi connectivity index (χ4v) is 2.47. The van der Waals surface area contributed by atoms with E-state index in [2.05, 4.69) is 53.9 Å². The minimum absolute atomic E-state index is 0.0452. The lowest BCUT2D eigenvalue weighted by atomic mass is 10.1. The number of hydrogen-bond donors (Lipinski definition) is 1. The third-order valence-corrected chi connectivity index (χ3v) is 3.86. The van der Waals surface area contributed by atoms with Crippen LogP contribution in [0.2, 0.25) is 0 Å². The average Bonchev–Trinajstić information content (AvgIpc) is 2.41. The molecule has 1 atom stereocenters. The Morgan fingerprint density at radius 3 is 2.45 bits per heavy atom. The molecule has 1 aromatic heterocycles. The second kappa shape index (κ2) is 8.57. The first-order valence-electron chi connectivity index (χ1n) is 7.36. The van der Waals surface area contributed by atoms with Gasteiger partial charge in [-0.2, -0.15) is 0 Å². The van der Waals surface area contributed by atoms with Gasteiger partial charge >= 0.3 is 0 Å². The van der Waals surface area contributed by atoms with Crippen LogP contribution < -0.4 is 5.32 Å². The van der Waals surface area contributed by atoms with Gasteiger partial charge in [-0.1, -0.05) is 27.7 Å². The van der Waals surface area contributed by atoms with Crippen LogP contribution in [0, 0.1) is 5.92 Å². The van der Waals surface area contributed by atoms with Gasteiger partial charge in [-0.05, 0) is 41.1 Å². The van der Waals surface area contributed by atoms with Crippen LogP contribution in [0.3, 0.4) is 0 Å². The Hall–Kier alpha value is -0.680. The highest BCUT2D eigenvalue weighted by Gasteiger charge is 2.18. The van der Waals surface area contributed by atoms with E-state index in [9.17, 15) is 0 Å². The van der Waals surface area contributed by atoms with Crippen LogP contribution in [-0.4, -0.2) is 23.6 Å². The smallest absolute Gasteiger partial charge is 0.159 e. The third-order valence-electron chi connectivity index (χ3n) is 3.02. The Bertz CT molecular complexity index is 420. The van der Waals surface area contributed by atoms with Crippen molar-refractivity contribution in [2.24, 2.45) is 5.92 Å². The molecule has 114 valence electrons. The zero-order valence-electron chi connectivity index (χ0n) is 13.2. The molecule has 1 aromatic rings. The molecule has 0 aromatic carbocycles. The molecular weight excluding hydrogens is 318 g/mol. The lowest BCUT2D eigenvalue weighted by molar-refractivity contribution is 0.0924. The normalized spacial score (nSPS) is 12.8. The van der Waals surface area contributed by atoms with Crippen molar-refractivity contribution < 1.29 is 4.74 Å². The molecule has 0 saturated carbocycles. The van der Waals surface area contributed by atoms with Gasteiger partial charge in [0.25, 0.3) is 0 Å². The quantitative estimate of drug-likeness (QED) is 0.761. The van der Waals surface area contributed by atoms with Crippen molar-refractivity contribution in [2.45, 2.75) is 53.1 Å². The number of halogens is 1. The van der Waals surface area contributed by atoms with Crippen LogP contribution in [0.25, 0.3) is 0 Å². The number of aromatic nitrogens is 2. The maximum atomic E-state index is 5.48. The molecular formula is C15H26BrN3O. The Kier molecular flexibility index (Phi) is 7.45. The zero-order chi connectivity index (χ0) is 15.1. The van der Waals surface area contributed by atoms with Crippen molar-refractivity contribution in [1.29, 1.82) is 0 Å². The predicted octanol–water partition coefficient (Wildman–Crippen LogP) is 4.36. The summed E-state index contributed by atoms with van der Waals surface area (Å²) in [7, 11) is 1.71. The number of methoxy groups -OCH3 is 1. The monoisotopic (exact) mass is 343 g/mol. The number of rotatable bonds is 8. The van der Waals surface area contributed by atoms with Gasteiger partial charge in [-0.3, -0.25) is 0 Å². The summed E-state index contributed by atoms with van der Waals surface area (Å²) in [6, 6.07) is 0. The fraction of sp³-hybridized carbons (Fsp3) is 0.733. The lowest BCUT2D eigenvalue weighted by Crippen LogP contribution is -2.13. The maximum absolute atomic E-state index is 5.48. The summed E-state index contributed by atoms with van der Waals surface area (Å²) in [5.74, 6) is 2.20. The molecule has 0 bridgehead atoms. The van der Waals surface area contributed by atoms with Crippen molar-refractivity contribution in [3.8, 4) is 0 Å². The van der Waals surface area contributed by atoms with Gasteiger partial charge in [0.05, 0.1) is 10.2 Å². The first-order valence-corrected chi connectivity index (χ1v) is 8.15. The van der Waals surface area contributed by atoms with Gasteiger partial charge in [0, 0.05) is 13.7 Å². The molecule has 0 fully saturated rings. The van der Waals surface area contributed by atoms with Crippen molar-refractivity contribution in [2.75, 3.05) is 19.0 Å². The fourth-order valence-electron chi connectivity index (χ4n) is 1.99. The minimum atomic E-state index is -0.0452. The Morgan fingerprint density at radius 2 is 1.95 bits per heavy atom. The van der Waals surface area contributed by atoms with Crippen LogP contribution >= 0.6 is 15.9 Å². The summed E-state index contributed by atoms with van der Waals surface area (Å²) in [5.41, 5.74) is 1.05. The van der Waals surface area contributed by atoms with E-state index < -0.39 is 0 Å². The molecule has 0 aliphatic heterocycles.